The topological polar surface area (TPSA) is 151 Å². The molecule has 5 aromatic carbocycles. The van der Waals surface area contributed by atoms with E-state index in [0.717, 1.165) is 27.8 Å². The number of hydrogen-bond donors (Lipinski definition) is 1. The smallest absolute Gasteiger partial charge is 0.333 e. The van der Waals surface area contributed by atoms with Gasteiger partial charge >= 0.3 is 5.97 Å². The van der Waals surface area contributed by atoms with Crippen LogP contribution in [0.1, 0.15) is 27.8 Å². The van der Waals surface area contributed by atoms with E-state index < -0.39 is 48.8 Å². The Morgan fingerprint density at radius 2 is 1.02 bits per heavy atom. The van der Waals surface area contributed by atoms with Crippen LogP contribution in [0, 0.1) is 0 Å². The lowest BCUT2D eigenvalue weighted by Gasteiger charge is -2.46. The third kappa shape index (κ3) is 12.8. The summed E-state index contributed by atoms with van der Waals surface area (Å²) in [5.41, 5.74) is 14.1. The number of carbonyl (C=O) groups is 1. The summed E-state index contributed by atoms with van der Waals surface area (Å²) in [5, 5.41) is 14.0. The summed E-state index contributed by atoms with van der Waals surface area (Å²) in [7, 11) is 0. The molecule has 5 aromatic rings. The fraction of sp³-hybridized carbons (Fsp3) is 0.311. The van der Waals surface area contributed by atoms with Crippen molar-refractivity contribution in [2.75, 3.05) is 13.2 Å². The third-order valence-corrected chi connectivity index (χ3v) is 9.34. The molecule has 0 amide bonds. The number of carboxylic acids is 1. The predicted molar refractivity (Wildman–Crippen MR) is 211 cm³/mol. The number of aliphatic carboxylic acids is 1. The highest BCUT2D eigenvalue weighted by Crippen LogP contribution is 2.32. The standard InChI is InChI=1S/C45H47N3O9/c46-48-47-38(40(44(49)50)52-27-34-18-8-2-9-19-34)31-56-45-43(55-30-37-24-14-5-15-25-37)42(54-29-36-22-12-4-13-23-36)41(53-28-35-20-10-3-11-21-35)39(57-45)32-51-26-33-16-6-1-7-17-33/h1-25,38-43,45H,26-32H2,(H,49,50)/t38-,39+,40-,41-,42-,43+,45-/m0/s1. The second-order valence-corrected chi connectivity index (χ2v) is 13.5. The van der Waals surface area contributed by atoms with E-state index in [1.54, 1.807) is 0 Å². The van der Waals surface area contributed by atoms with Crippen LogP contribution in [-0.2, 0) is 71.0 Å². The maximum atomic E-state index is 12.5. The summed E-state index contributed by atoms with van der Waals surface area (Å²) < 4.78 is 45.3. The van der Waals surface area contributed by atoms with Gasteiger partial charge in [-0.1, -0.05) is 157 Å². The first-order valence-corrected chi connectivity index (χ1v) is 18.8. The maximum Gasteiger partial charge on any atom is 0.333 e. The van der Waals surface area contributed by atoms with Gasteiger partial charge in [0.05, 0.1) is 52.3 Å². The molecule has 0 saturated carbocycles. The second-order valence-electron chi connectivity index (χ2n) is 13.5. The van der Waals surface area contributed by atoms with Crippen LogP contribution in [0.5, 0.6) is 0 Å². The summed E-state index contributed by atoms with van der Waals surface area (Å²) in [6, 6.07) is 46.9. The SMILES string of the molecule is [N-]=[N+]=N[C@@H](CO[C@H]1O[C@H](COCc2ccccc2)[C@H](OCc2ccccc2)[C@H](OCc2ccccc2)[C@H]1OCc1ccccc1)[C@H](OCc1ccccc1)C(=O)O. The van der Waals surface area contributed by atoms with Gasteiger partial charge in [0.2, 0.25) is 0 Å². The van der Waals surface area contributed by atoms with Gasteiger partial charge in [0.15, 0.2) is 12.4 Å². The Kier molecular flexibility index (Phi) is 16.2. The minimum atomic E-state index is -1.52. The van der Waals surface area contributed by atoms with Gasteiger partial charge in [-0.25, -0.2) is 4.79 Å². The summed E-state index contributed by atoms with van der Waals surface area (Å²) in [5.74, 6) is -1.31. The molecule has 0 aromatic heterocycles. The lowest BCUT2D eigenvalue weighted by Crippen LogP contribution is -2.62. The molecule has 12 heteroatoms. The monoisotopic (exact) mass is 773 g/mol. The maximum absolute atomic E-state index is 12.5. The molecule has 0 bridgehead atoms. The number of azide groups is 1. The Bertz CT molecular complexity index is 1940. The molecule has 7 atom stereocenters. The molecule has 1 aliphatic heterocycles. The highest BCUT2D eigenvalue weighted by molar-refractivity contribution is 5.73. The van der Waals surface area contributed by atoms with Crippen LogP contribution in [0.25, 0.3) is 10.4 Å². The minimum Gasteiger partial charge on any atom is -0.479 e. The highest BCUT2D eigenvalue weighted by Gasteiger charge is 2.49. The molecule has 0 radical (unpaired) electrons. The van der Waals surface area contributed by atoms with Crippen LogP contribution < -0.4 is 0 Å². The Morgan fingerprint density at radius 3 is 1.47 bits per heavy atom. The average molecular weight is 774 g/mol. The first-order chi connectivity index (χ1) is 28.1. The number of rotatable bonds is 22. The summed E-state index contributed by atoms with van der Waals surface area (Å²) >= 11 is 0. The molecule has 296 valence electrons. The van der Waals surface area contributed by atoms with E-state index >= 15 is 0 Å². The van der Waals surface area contributed by atoms with Crippen molar-refractivity contribution in [3.63, 3.8) is 0 Å². The lowest BCUT2D eigenvalue weighted by atomic mass is 9.97. The van der Waals surface area contributed by atoms with Crippen molar-refractivity contribution in [3.05, 3.63) is 190 Å². The second kappa shape index (κ2) is 22.4. The zero-order valence-corrected chi connectivity index (χ0v) is 31.5. The van der Waals surface area contributed by atoms with Crippen molar-refractivity contribution in [2.45, 2.75) is 75.9 Å². The van der Waals surface area contributed by atoms with Crippen molar-refractivity contribution in [2.24, 2.45) is 5.11 Å². The van der Waals surface area contributed by atoms with Gasteiger partial charge in [0.25, 0.3) is 0 Å². The third-order valence-electron chi connectivity index (χ3n) is 9.34. The first kappa shape index (κ1) is 41.2. The lowest BCUT2D eigenvalue weighted by molar-refractivity contribution is -0.329. The average Bonchev–Trinajstić information content (AvgIpc) is 3.25. The fourth-order valence-corrected chi connectivity index (χ4v) is 6.43. The van der Waals surface area contributed by atoms with E-state index in [1.165, 1.54) is 0 Å². The van der Waals surface area contributed by atoms with E-state index in [4.69, 9.17) is 33.2 Å². The number of benzene rings is 5. The van der Waals surface area contributed by atoms with Gasteiger partial charge in [-0.2, -0.15) is 0 Å². The number of hydrogen-bond acceptors (Lipinski definition) is 9. The van der Waals surface area contributed by atoms with Crippen molar-refractivity contribution >= 4 is 5.97 Å². The van der Waals surface area contributed by atoms with Gasteiger partial charge in [0.1, 0.15) is 24.4 Å². The summed E-state index contributed by atoms with van der Waals surface area (Å²) in [6.07, 6.45) is -5.78. The first-order valence-electron chi connectivity index (χ1n) is 18.8. The molecule has 1 heterocycles. The zero-order chi connectivity index (χ0) is 39.5. The summed E-state index contributed by atoms with van der Waals surface area (Å²) in [6.45, 7) is 0.685. The number of carboxylic acid groups (broad SMARTS) is 1. The fourth-order valence-electron chi connectivity index (χ4n) is 6.43. The van der Waals surface area contributed by atoms with Crippen molar-refractivity contribution < 1.29 is 43.1 Å². The van der Waals surface area contributed by atoms with Crippen LogP contribution >= 0.6 is 0 Å². The molecule has 0 spiro atoms. The molecule has 1 aliphatic rings. The normalized spacial score (nSPS) is 20.2. The van der Waals surface area contributed by atoms with Crippen LogP contribution in [0.2, 0.25) is 0 Å². The van der Waals surface area contributed by atoms with Gasteiger partial charge in [-0.05, 0) is 33.3 Å². The van der Waals surface area contributed by atoms with E-state index in [-0.39, 0.29) is 39.6 Å². The molecule has 12 nitrogen and oxygen atoms in total. The van der Waals surface area contributed by atoms with Crippen molar-refractivity contribution in [1.29, 1.82) is 0 Å². The van der Waals surface area contributed by atoms with Gasteiger partial charge in [0, 0.05) is 4.91 Å². The number of nitrogens with zero attached hydrogens (tertiary/aromatic N) is 3. The largest absolute Gasteiger partial charge is 0.479 e. The van der Waals surface area contributed by atoms with Crippen LogP contribution in [-0.4, -0.2) is 67.1 Å². The molecule has 1 fully saturated rings. The minimum absolute atomic E-state index is 0.0192. The van der Waals surface area contributed by atoms with Gasteiger partial charge in [-0.15, -0.1) is 0 Å². The molecule has 1 saturated heterocycles. The van der Waals surface area contributed by atoms with E-state index in [9.17, 15) is 15.4 Å². The molecular weight excluding hydrogens is 727 g/mol. The van der Waals surface area contributed by atoms with Crippen LogP contribution in [0.4, 0.5) is 0 Å². The Labute approximate surface area is 332 Å². The van der Waals surface area contributed by atoms with E-state index in [1.807, 2.05) is 152 Å². The highest BCUT2D eigenvalue weighted by atomic mass is 16.7. The molecule has 6 rings (SSSR count). The predicted octanol–water partition coefficient (Wildman–Crippen LogP) is 8.05. The van der Waals surface area contributed by atoms with E-state index in [0.29, 0.717) is 6.61 Å². The van der Waals surface area contributed by atoms with Gasteiger partial charge in [-0.3, -0.25) is 0 Å². The van der Waals surface area contributed by atoms with E-state index in [2.05, 4.69) is 10.0 Å². The van der Waals surface area contributed by atoms with Gasteiger partial charge < -0.3 is 38.3 Å². The Balaban J connectivity index is 1.31. The van der Waals surface area contributed by atoms with Crippen molar-refractivity contribution in [3.8, 4) is 0 Å². The van der Waals surface area contributed by atoms with Crippen LogP contribution in [0.3, 0.4) is 0 Å². The van der Waals surface area contributed by atoms with Crippen molar-refractivity contribution in [1.82, 2.24) is 0 Å². The molecule has 1 N–H and O–H groups in total. The molecule has 57 heavy (non-hydrogen) atoms. The quantitative estimate of drug-likeness (QED) is 0.0419. The molecule has 0 aliphatic carbocycles. The van der Waals surface area contributed by atoms with Crippen LogP contribution in [0.15, 0.2) is 157 Å². The summed E-state index contributed by atoms with van der Waals surface area (Å²) in [4.78, 5) is 15.5. The Hall–Kier alpha value is -5.40. The Morgan fingerprint density at radius 1 is 0.596 bits per heavy atom. The number of ether oxygens (including phenoxy) is 7. The zero-order valence-electron chi connectivity index (χ0n) is 31.5. The molecular formula is C45H47N3O9. The molecule has 0 unspecified atom stereocenters.